The maximum Gasteiger partial charge on any atom is 0.338 e. The molecular weight excluding hydrogens is 324 g/mol. The summed E-state index contributed by atoms with van der Waals surface area (Å²) in [5.41, 5.74) is 0.292. The fourth-order valence-corrected chi connectivity index (χ4v) is 2.21. The quantitative estimate of drug-likeness (QED) is 0.435. The summed E-state index contributed by atoms with van der Waals surface area (Å²) in [4.78, 5) is 11.9. The topological polar surface area (TPSA) is 88.1 Å². The fraction of sp³-hybridized carbons (Fsp3) is 0.533. The highest BCUT2D eigenvalue weighted by molar-refractivity contribution is 7.90. The smallest absolute Gasteiger partial charge is 0.338 e. The molecule has 0 radical (unpaired) electrons. The molecule has 130 valence electrons. The van der Waals surface area contributed by atoms with Crippen LogP contribution in [0.4, 0.5) is 0 Å². The van der Waals surface area contributed by atoms with Crippen molar-refractivity contribution in [3.8, 4) is 0 Å². The number of hydrogen-bond donors (Lipinski definition) is 0. The van der Waals surface area contributed by atoms with Gasteiger partial charge in [0, 0.05) is 13.4 Å². The van der Waals surface area contributed by atoms with Gasteiger partial charge >= 0.3 is 5.97 Å². The van der Waals surface area contributed by atoms with Crippen molar-refractivity contribution in [2.45, 2.75) is 4.90 Å². The Labute approximate surface area is 136 Å². The lowest BCUT2D eigenvalue weighted by atomic mass is 10.2. The van der Waals surface area contributed by atoms with Crippen LogP contribution in [0.3, 0.4) is 0 Å². The van der Waals surface area contributed by atoms with Crippen LogP contribution in [-0.2, 0) is 28.8 Å². The van der Waals surface area contributed by atoms with Crippen LogP contribution in [0, 0.1) is 0 Å². The number of carbonyl (C=O) groups is 1. The van der Waals surface area contributed by atoms with Gasteiger partial charge in [0.15, 0.2) is 9.84 Å². The Bertz CT molecular complexity index is 566. The molecule has 0 atom stereocenters. The maximum atomic E-state index is 11.7. The van der Waals surface area contributed by atoms with Gasteiger partial charge in [0.1, 0.15) is 6.61 Å². The van der Waals surface area contributed by atoms with E-state index >= 15 is 0 Å². The second-order valence-electron chi connectivity index (χ2n) is 4.65. The number of sulfone groups is 1. The maximum absolute atomic E-state index is 11.7. The Kier molecular flexibility index (Phi) is 8.78. The third kappa shape index (κ3) is 8.08. The molecular formula is C15H22O7S. The average Bonchev–Trinajstić information content (AvgIpc) is 2.52. The van der Waals surface area contributed by atoms with Gasteiger partial charge in [-0.1, -0.05) is 0 Å². The first kappa shape index (κ1) is 19.6. The molecule has 8 heteroatoms. The van der Waals surface area contributed by atoms with Crippen LogP contribution >= 0.6 is 0 Å². The Balaban J connectivity index is 2.19. The van der Waals surface area contributed by atoms with E-state index in [1.165, 1.54) is 24.3 Å². The molecule has 0 aliphatic rings. The minimum Gasteiger partial charge on any atom is -0.460 e. The number of carbonyl (C=O) groups excluding carboxylic acids is 1. The second kappa shape index (κ2) is 10.3. The number of ether oxygens (including phenoxy) is 4. The molecule has 7 nitrogen and oxygen atoms in total. The number of esters is 1. The van der Waals surface area contributed by atoms with E-state index < -0.39 is 15.8 Å². The summed E-state index contributed by atoms with van der Waals surface area (Å²) in [5, 5.41) is 0. The van der Waals surface area contributed by atoms with Crippen LogP contribution in [0.1, 0.15) is 10.4 Å². The predicted molar refractivity (Wildman–Crippen MR) is 83.3 cm³/mol. The SMILES string of the molecule is COCCOCCOCCOC(=O)c1ccc(S(C)(=O)=O)cc1. The molecule has 0 aliphatic heterocycles. The van der Waals surface area contributed by atoms with Gasteiger partial charge in [-0.05, 0) is 24.3 Å². The molecule has 0 saturated carbocycles. The Morgan fingerprint density at radius 3 is 1.96 bits per heavy atom. The van der Waals surface area contributed by atoms with Crippen LogP contribution < -0.4 is 0 Å². The summed E-state index contributed by atoms with van der Waals surface area (Å²) in [6, 6.07) is 5.59. The van der Waals surface area contributed by atoms with Crippen molar-refractivity contribution in [2.24, 2.45) is 0 Å². The van der Waals surface area contributed by atoms with E-state index in [0.29, 0.717) is 32.0 Å². The van der Waals surface area contributed by atoms with Crippen molar-refractivity contribution in [3.63, 3.8) is 0 Å². The molecule has 0 fully saturated rings. The third-order valence-corrected chi connectivity index (χ3v) is 3.91. The highest BCUT2D eigenvalue weighted by Crippen LogP contribution is 2.11. The lowest BCUT2D eigenvalue weighted by molar-refractivity contribution is 0.00570. The second-order valence-corrected chi connectivity index (χ2v) is 6.67. The van der Waals surface area contributed by atoms with Gasteiger partial charge in [0.05, 0.1) is 43.5 Å². The van der Waals surface area contributed by atoms with E-state index in [9.17, 15) is 13.2 Å². The molecule has 1 aromatic carbocycles. The molecule has 0 heterocycles. The Hall–Kier alpha value is -1.48. The number of hydrogen-bond acceptors (Lipinski definition) is 7. The van der Waals surface area contributed by atoms with Crippen LogP contribution in [0.2, 0.25) is 0 Å². The molecule has 0 aliphatic carbocycles. The van der Waals surface area contributed by atoms with Crippen molar-refractivity contribution in [3.05, 3.63) is 29.8 Å². The van der Waals surface area contributed by atoms with Crippen LogP contribution in [0.15, 0.2) is 29.2 Å². The van der Waals surface area contributed by atoms with Crippen LogP contribution in [0.5, 0.6) is 0 Å². The van der Waals surface area contributed by atoms with Crippen LogP contribution in [-0.4, -0.2) is 67.4 Å². The van der Waals surface area contributed by atoms with Crippen molar-refractivity contribution >= 4 is 15.8 Å². The van der Waals surface area contributed by atoms with Crippen molar-refractivity contribution in [1.82, 2.24) is 0 Å². The summed E-state index contributed by atoms with van der Waals surface area (Å²) in [5.74, 6) is -0.523. The molecule has 0 saturated heterocycles. The van der Waals surface area contributed by atoms with E-state index in [1.807, 2.05) is 0 Å². The molecule has 0 N–H and O–H groups in total. The zero-order valence-electron chi connectivity index (χ0n) is 13.3. The predicted octanol–water partition coefficient (Wildman–Crippen LogP) is 0.926. The fourth-order valence-electron chi connectivity index (χ4n) is 1.58. The lowest BCUT2D eigenvalue weighted by Crippen LogP contribution is -2.14. The number of rotatable bonds is 11. The average molecular weight is 346 g/mol. The van der Waals surface area contributed by atoms with E-state index in [2.05, 4.69) is 0 Å². The van der Waals surface area contributed by atoms with Gasteiger partial charge in [0.2, 0.25) is 0 Å². The first-order valence-electron chi connectivity index (χ1n) is 7.07. The summed E-state index contributed by atoms with van der Waals surface area (Å²) >= 11 is 0. The van der Waals surface area contributed by atoms with Gasteiger partial charge in [-0.2, -0.15) is 0 Å². The van der Waals surface area contributed by atoms with Crippen molar-refractivity contribution in [1.29, 1.82) is 0 Å². The highest BCUT2D eigenvalue weighted by atomic mass is 32.2. The molecule has 0 unspecified atom stereocenters. The lowest BCUT2D eigenvalue weighted by Gasteiger charge is -2.07. The van der Waals surface area contributed by atoms with E-state index in [4.69, 9.17) is 18.9 Å². The molecule has 1 aromatic rings. The molecule has 0 aromatic heterocycles. The molecule has 0 amide bonds. The van der Waals surface area contributed by atoms with Crippen molar-refractivity contribution < 1.29 is 32.2 Å². The monoisotopic (exact) mass is 346 g/mol. The first-order chi connectivity index (χ1) is 10.9. The molecule has 23 heavy (non-hydrogen) atoms. The highest BCUT2D eigenvalue weighted by Gasteiger charge is 2.10. The van der Waals surface area contributed by atoms with E-state index in [-0.39, 0.29) is 18.1 Å². The Morgan fingerprint density at radius 1 is 0.913 bits per heavy atom. The summed E-state index contributed by atoms with van der Waals surface area (Å²) < 4.78 is 42.9. The summed E-state index contributed by atoms with van der Waals surface area (Å²) in [6.07, 6.45) is 1.11. The van der Waals surface area contributed by atoms with Gasteiger partial charge in [-0.15, -0.1) is 0 Å². The van der Waals surface area contributed by atoms with Gasteiger partial charge in [0.25, 0.3) is 0 Å². The Morgan fingerprint density at radius 2 is 1.43 bits per heavy atom. The zero-order chi connectivity index (χ0) is 17.1. The molecule has 1 rings (SSSR count). The van der Waals surface area contributed by atoms with E-state index in [1.54, 1.807) is 7.11 Å². The normalized spacial score (nSPS) is 11.4. The zero-order valence-corrected chi connectivity index (χ0v) is 14.1. The van der Waals surface area contributed by atoms with Gasteiger partial charge in [-0.25, -0.2) is 13.2 Å². The molecule has 0 bridgehead atoms. The largest absolute Gasteiger partial charge is 0.460 e. The standard InChI is InChI=1S/C15H22O7S/c1-19-7-8-20-9-10-21-11-12-22-15(16)13-3-5-14(6-4-13)23(2,17)18/h3-6H,7-12H2,1-2H3. The summed E-state index contributed by atoms with van der Waals surface area (Å²) in [6.45, 7) is 2.29. The summed E-state index contributed by atoms with van der Waals surface area (Å²) in [7, 11) is -1.67. The first-order valence-corrected chi connectivity index (χ1v) is 8.96. The minimum absolute atomic E-state index is 0.116. The number of benzene rings is 1. The minimum atomic E-state index is -3.27. The van der Waals surface area contributed by atoms with E-state index in [0.717, 1.165) is 6.26 Å². The van der Waals surface area contributed by atoms with Crippen molar-refractivity contribution in [2.75, 3.05) is 53.0 Å². The number of methoxy groups -OCH3 is 1. The molecule has 0 spiro atoms. The van der Waals surface area contributed by atoms with Gasteiger partial charge < -0.3 is 18.9 Å². The third-order valence-electron chi connectivity index (χ3n) is 2.78. The van der Waals surface area contributed by atoms with Gasteiger partial charge in [-0.3, -0.25) is 0 Å². The van der Waals surface area contributed by atoms with Crippen LogP contribution in [0.25, 0.3) is 0 Å².